The second kappa shape index (κ2) is 5.46. The predicted octanol–water partition coefficient (Wildman–Crippen LogP) is 2.15. The molecule has 2 aliphatic heterocycles. The normalized spacial score (nSPS) is 19.3. The summed E-state index contributed by atoms with van der Waals surface area (Å²) in [7, 11) is 0. The molecule has 0 bridgehead atoms. The molecule has 23 heavy (non-hydrogen) atoms. The fraction of sp³-hybridized carbons (Fsp3) is 0.294. The summed E-state index contributed by atoms with van der Waals surface area (Å²) >= 11 is 0. The van der Waals surface area contributed by atoms with Crippen LogP contribution in [0.25, 0.3) is 11.4 Å². The van der Waals surface area contributed by atoms with Crippen molar-refractivity contribution in [2.75, 3.05) is 0 Å². The zero-order valence-electron chi connectivity index (χ0n) is 12.8. The summed E-state index contributed by atoms with van der Waals surface area (Å²) in [4.78, 5) is 28.5. The van der Waals surface area contributed by atoms with Gasteiger partial charge in [-0.25, -0.2) is 9.97 Å². The molecule has 0 unspecified atom stereocenters. The van der Waals surface area contributed by atoms with Crippen LogP contribution >= 0.6 is 0 Å². The van der Waals surface area contributed by atoms with Crippen LogP contribution in [0.5, 0.6) is 0 Å². The van der Waals surface area contributed by atoms with Crippen molar-refractivity contribution in [1.29, 1.82) is 0 Å². The molecule has 0 N–H and O–H groups in total. The Labute approximate surface area is 133 Å². The molecule has 0 aliphatic carbocycles. The number of oxime groups is 1. The van der Waals surface area contributed by atoms with E-state index >= 15 is 0 Å². The lowest BCUT2D eigenvalue weighted by Crippen LogP contribution is -2.35. The van der Waals surface area contributed by atoms with E-state index in [9.17, 15) is 4.79 Å². The fourth-order valence-corrected chi connectivity index (χ4v) is 2.87. The molecule has 1 atom stereocenters. The van der Waals surface area contributed by atoms with Gasteiger partial charge < -0.3 is 9.74 Å². The standard InChI is InChI=1S/C17H16N4O2/c1-11-7-15(23-20-11)17(22)21-9-13-8-18-16(19-14(13)10-21)12-5-3-2-4-6-12/h2-6,8,15H,7,9-10H2,1H3/t15-/m0/s1. The topological polar surface area (TPSA) is 67.7 Å². The zero-order chi connectivity index (χ0) is 15.8. The summed E-state index contributed by atoms with van der Waals surface area (Å²) in [6.07, 6.45) is 1.88. The number of nitrogens with zero attached hydrogens (tertiary/aromatic N) is 4. The van der Waals surface area contributed by atoms with Gasteiger partial charge >= 0.3 is 0 Å². The molecule has 2 aliphatic rings. The Morgan fingerprint density at radius 1 is 1.26 bits per heavy atom. The molecule has 1 amide bonds. The summed E-state index contributed by atoms with van der Waals surface area (Å²) in [5.41, 5.74) is 3.73. The predicted molar refractivity (Wildman–Crippen MR) is 84.3 cm³/mol. The van der Waals surface area contributed by atoms with E-state index in [1.54, 1.807) is 4.90 Å². The average Bonchev–Trinajstić information content (AvgIpc) is 3.20. The number of amides is 1. The number of hydrogen-bond acceptors (Lipinski definition) is 5. The van der Waals surface area contributed by atoms with Crippen molar-refractivity contribution in [1.82, 2.24) is 14.9 Å². The molecule has 1 aromatic heterocycles. The van der Waals surface area contributed by atoms with Crippen molar-refractivity contribution in [3.8, 4) is 11.4 Å². The Balaban J connectivity index is 1.53. The molecule has 4 rings (SSSR count). The van der Waals surface area contributed by atoms with Crippen molar-refractivity contribution in [3.05, 3.63) is 47.8 Å². The van der Waals surface area contributed by atoms with E-state index < -0.39 is 6.10 Å². The van der Waals surface area contributed by atoms with Crippen LogP contribution < -0.4 is 0 Å². The third kappa shape index (κ3) is 2.56. The third-order valence-electron chi connectivity index (χ3n) is 4.09. The van der Waals surface area contributed by atoms with Crippen LogP contribution in [0.2, 0.25) is 0 Å². The second-order valence-electron chi connectivity index (χ2n) is 5.85. The molecule has 0 spiro atoms. The van der Waals surface area contributed by atoms with Crippen LogP contribution in [0.3, 0.4) is 0 Å². The highest BCUT2D eigenvalue weighted by molar-refractivity contribution is 5.91. The summed E-state index contributed by atoms with van der Waals surface area (Å²) in [5, 5.41) is 3.85. The molecule has 3 heterocycles. The van der Waals surface area contributed by atoms with Gasteiger partial charge in [0.15, 0.2) is 5.82 Å². The first-order chi connectivity index (χ1) is 11.2. The van der Waals surface area contributed by atoms with Crippen molar-refractivity contribution in [3.63, 3.8) is 0 Å². The lowest BCUT2D eigenvalue weighted by molar-refractivity contribution is -0.142. The minimum atomic E-state index is -0.495. The SMILES string of the molecule is CC1=NO[C@H](C(=O)N2Cc3cnc(-c4ccccc4)nc3C2)C1. The number of hydrogen-bond donors (Lipinski definition) is 0. The van der Waals surface area contributed by atoms with Gasteiger partial charge in [0.2, 0.25) is 6.10 Å². The first-order valence-electron chi connectivity index (χ1n) is 7.59. The average molecular weight is 308 g/mol. The van der Waals surface area contributed by atoms with Gasteiger partial charge in [-0.1, -0.05) is 35.5 Å². The molecule has 0 radical (unpaired) electrons. The lowest BCUT2D eigenvalue weighted by atomic mass is 10.2. The minimum absolute atomic E-state index is 0.0372. The quantitative estimate of drug-likeness (QED) is 0.852. The summed E-state index contributed by atoms with van der Waals surface area (Å²) in [6, 6.07) is 9.84. The molecule has 0 saturated heterocycles. The maximum absolute atomic E-state index is 12.5. The van der Waals surface area contributed by atoms with E-state index in [1.165, 1.54) is 0 Å². The van der Waals surface area contributed by atoms with Gasteiger partial charge in [0.1, 0.15) is 0 Å². The Morgan fingerprint density at radius 3 is 2.83 bits per heavy atom. The van der Waals surface area contributed by atoms with Gasteiger partial charge in [-0.15, -0.1) is 0 Å². The van der Waals surface area contributed by atoms with Gasteiger partial charge in [-0.3, -0.25) is 4.79 Å². The minimum Gasteiger partial charge on any atom is -0.382 e. The Hall–Kier alpha value is -2.76. The van der Waals surface area contributed by atoms with Crippen LogP contribution in [0.15, 0.2) is 41.7 Å². The highest BCUT2D eigenvalue weighted by Gasteiger charge is 2.34. The monoisotopic (exact) mass is 308 g/mol. The van der Waals surface area contributed by atoms with E-state index in [4.69, 9.17) is 4.84 Å². The van der Waals surface area contributed by atoms with E-state index in [2.05, 4.69) is 15.1 Å². The summed E-state index contributed by atoms with van der Waals surface area (Å²) in [5.74, 6) is 0.653. The molecule has 0 saturated carbocycles. The lowest BCUT2D eigenvalue weighted by Gasteiger charge is -2.17. The van der Waals surface area contributed by atoms with Crippen molar-refractivity contribution in [2.45, 2.75) is 32.5 Å². The van der Waals surface area contributed by atoms with Gasteiger partial charge in [0.25, 0.3) is 5.91 Å². The molecule has 2 aromatic rings. The zero-order valence-corrected chi connectivity index (χ0v) is 12.8. The van der Waals surface area contributed by atoms with Crippen molar-refractivity contribution >= 4 is 11.6 Å². The van der Waals surface area contributed by atoms with E-state index in [0.29, 0.717) is 25.3 Å². The van der Waals surface area contributed by atoms with Crippen LogP contribution in [0.1, 0.15) is 24.6 Å². The highest BCUT2D eigenvalue weighted by atomic mass is 16.6. The third-order valence-corrected chi connectivity index (χ3v) is 4.09. The van der Waals surface area contributed by atoms with E-state index in [-0.39, 0.29) is 5.91 Å². The van der Waals surface area contributed by atoms with Crippen LogP contribution in [-0.4, -0.2) is 32.6 Å². The van der Waals surface area contributed by atoms with Crippen LogP contribution in [0.4, 0.5) is 0 Å². The molecule has 6 heteroatoms. The number of benzene rings is 1. The number of carbonyl (C=O) groups excluding carboxylic acids is 1. The van der Waals surface area contributed by atoms with Crippen molar-refractivity contribution in [2.24, 2.45) is 5.16 Å². The number of aromatic nitrogens is 2. The van der Waals surface area contributed by atoms with Crippen LogP contribution in [-0.2, 0) is 22.7 Å². The fourth-order valence-electron chi connectivity index (χ4n) is 2.87. The van der Waals surface area contributed by atoms with E-state index in [0.717, 1.165) is 22.5 Å². The number of fused-ring (bicyclic) bond motifs is 1. The molecule has 6 nitrogen and oxygen atoms in total. The van der Waals surface area contributed by atoms with Gasteiger partial charge in [0, 0.05) is 30.3 Å². The number of rotatable bonds is 2. The maximum atomic E-state index is 12.5. The molecule has 0 fully saturated rings. The second-order valence-corrected chi connectivity index (χ2v) is 5.85. The van der Waals surface area contributed by atoms with Gasteiger partial charge in [-0.2, -0.15) is 0 Å². The Kier molecular flexibility index (Phi) is 3.29. The molecule has 1 aromatic carbocycles. The highest BCUT2D eigenvalue weighted by Crippen LogP contribution is 2.25. The summed E-state index contributed by atoms with van der Waals surface area (Å²) < 4.78 is 0. The first-order valence-corrected chi connectivity index (χ1v) is 7.59. The smallest absolute Gasteiger partial charge is 0.267 e. The first kappa shape index (κ1) is 13.9. The van der Waals surface area contributed by atoms with E-state index in [1.807, 2.05) is 43.5 Å². The molecule has 116 valence electrons. The van der Waals surface area contributed by atoms with Gasteiger partial charge in [-0.05, 0) is 6.92 Å². The molecular formula is C17H16N4O2. The number of carbonyl (C=O) groups is 1. The summed E-state index contributed by atoms with van der Waals surface area (Å²) in [6.45, 7) is 2.89. The Morgan fingerprint density at radius 2 is 2.09 bits per heavy atom. The Bertz CT molecular complexity index is 788. The largest absolute Gasteiger partial charge is 0.382 e. The molecular weight excluding hydrogens is 292 g/mol. The van der Waals surface area contributed by atoms with Gasteiger partial charge in [0.05, 0.1) is 18.0 Å². The van der Waals surface area contributed by atoms with Crippen molar-refractivity contribution < 1.29 is 9.63 Å². The van der Waals surface area contributed by atoms with Crippen LogP contribution in [0, 0.1) is 0 Å². The maximum Gasteiger partial charge on any atom is 0.267 e.